The second kappa shape index (κ2) is 8.66. The van der Waals surface area contributed by atoms with Crippen LogP contribution in [0, 0.1) is 5.92 Å². The van der Waals surface area contributed by atoms with Crippen molar-refractivity contribution in [3.8, 4) is 0 Å². The summed E-state index contributed by atoms with van der Waals surface area (Å²) in [6.07, 6.45) is 1.80. The molecule has 0 unspecified atom stereocenters. The molecular weight excluding hydrogens is 426 g/mol. The van der Waals surface area contributed by atoms with E-state index in [0.29, 0.717) is 47.2 Å². The van der Waals surface area contributed by atoms with Gasteiger partial charge in [-0.15, -0.1) is 0 Å². The number of benzene rings is 1. The minimum absolute atomic E-state index is 0.0447. The molecule has 0 aliphatic heterocycles. The highest BCUT2D eigenvalue weighted by molar-refractivity contribution is 9.10. The van der Waals surface area contributed by atoms with Crippen LogP contribution in [0.25, 0.3) is 10.9 Å². The Balaban J connectivity index is 2.24. The average Bonchev–Trinajstić information content (AvgIpc) is 2.50. The zero-order valence-electron chi connectivity index (χ0n) is 14.5. The molecule has 0 fully saturated rings. The topological polar surface area (TPSA) is 81.1 Å². The molecule has 1 N–H and O–H groups in total. The van der Waals surface area contributed by atoms with E-state index in [1.54, 1.807) is 10.6 Å². The summed E-state index contributed by atoms with van der Waals surface area (Å²) in [5, 5.41) is 1.27. The van der Waals surface area contributed by atoms with E-state index in [2.05, 4.69) is 39.5 Å². The molecule has 138 valence electrons. The highest BCUT2D eigenvalue weighted by Crippen LogP contribution is 2.21. The van der Waals surface area contributed by atoms with E-state index in [1.165, 1.54) is 11.8 Å². The standard InChI is InChI=1S/C16H22BrN3O3S2/c1-11(2)10-20-15(21)13-9-12(17)5-6-14(13)19-16(20)24-8-4-7-18-25(3,22)23/h5-6,9,11,18H,4,7-8,10H2,1-3H3. The van der Waals surface area contributed by atoms with Gasteiger partial charge in [0.15, 0.2) is 5.16 Å². The Hall–Kier alpha value is -0.900. The van der Waals surface area contributed by atoms with Crippen molar-refractivity contribution < 1.29 is 8.42 Å². The molecular formula is C16H22BrN3O3S2. The van der Waals surface area contributed by atoms with Gasteiger partial charge in [-0.2, -0.15) is 0 Å². The van der Waals surface area contributed by atoms with Crippen LogP contribution < -0.4 is 10.3 Å². The van der Waals surface area contributed by atoms with Crippen molar-refractivity contribution >= 4 is 48.6 Å². The summed E-state index contributed by atoms with van der Waals surface area (Å²) in [6.45, 7) is 5.09. The van der Waals surface area contributed by atoms with Gasteiger partial charge in [0.25, 0.3) is 5.56 Å². The second-order valence-electron chi connectivity index (χ2n) is 6.23. The van der Waals surface area contributed by atoms with E-state index in [1.807, 2.05) is 12.1 Å². The van der Waals surface area contributed by atoms with Gasteiger partial charge in [0.1, 0.15) is 0 Å². The molecule has 9 heteroatoms. The summed E-state index contributed by atoms with van der Waals surface area (Å²) >= 11 is 4.88. The molecule has 0 saturated carbocycles. The Morgan fingerprint density at radius 2 is 2.08 bits per heavy atom. The van der Waals surface area contributed by atoms with Crippen molar-refractivity contribution in [1.29, 1.82) is 0 Å². The Morgan fingerprint density at radius 1 is 1.36 bits per heavy atom. The number of aromatic nitrogens is 2. The van der Waals surface area contributed by atoms with Crippen molar-refractivity contribution in [1.82, 2.24) is 14.3 Å². The zero-order chi connectivity index (χ0) is 18.6. The summed E-state index contributed by atoms with van der Waals surface area (Å²) in [4.78, 5) is 17.5. The maximum absolute atomic E-state index is 12.9. The highest BCUT2D eigenvalue weighted by atomic mass is 79.9. The van der Waals surface area contributed by atoms with Gasteiger partial charge in [0.05, 0.1) is 17.2 Å². The van der Waals surface area contributed by atoms with Crippen LogP contribution >= 0.6 is 27.7 Å². The summed E-state index contributed by atoms with van der Waals surface area (Å²) in [7, 11) is -3.17. The van der Waals surface area contributed by atoms with Gasteiger partial charge in [-0.25, -0.2) is 18.1 Å². The molecule has 2 aromatic rings. The van der Waals surface area contributed by atoms with Gasteiger partial charge >= 0.3 is 0 Å². The number of thioether (sulfide) groups is 1. The van der Waals surface area contributed by atoms with Crippen molar-refractivity contribution in [3.63, 3.8) is 0 Å². The van der Waals surface area contributed by atoms with Crippen LogP contribution in [0.5, 0.6) is 0 Å². The fraction of sp³-hybridized carbons (Fsp3) is 0.500. The molecule has 6 nitrogen and oxygen atoms in total. The van der Waals surface area contributed by atoms with Gasteiger partial charge in [-0.3, -0.25) is 9.36 Å². The Bertz CT molecular complexity index is 911. The van der Waals surface area contributed by atoms with Crippen molar-refractivity contribution in [3.05, 3.63) is 33.0 Å². The van der Waals surface area contributed by atoms with Crippen LogP contribution in [0.1, 0.15) is 20.3 Å². The summed E-state index contributed by atoms with van der Waals surface area (Å²) < 4.78 is 27.2. The summed E-state index contributed by atoms with van der Waals surface area (Å²) in [5.41, 5.74) is 0.627. The molecule has 0 aliphatic rings. The average molecular weight is 448 g/mol. The number of nitrogens with zero attached hydrogens (tertiary/aromatic N) is 2. The predicted molar refractivity (Wildman–Crippen MR) is 107 cm³/mol. The first kappa shape index (κ1) is 20.4. The number of halogens is 1. The van der Waals surface area contributed by atoms with Crippen molar-refractivity contribution in [2.45, 2.75) is 32.0 Å². The Kier molecular flexibility index (Phi) is 7.07. The number of fused-ring (bicyclic) bond motifs is 1. The Morgan fingerprint density at radius 3 is 2.72 bits per heavy atom. The van der Waals surface area contributed by atoms with E-state index in [9.17, 15) is 13.2 Å². The minimum atomic E-state index is -3.17. The molecule has 1 heterocycles. The number of sulfonamides is 1. The third kappa shape index (κ3) is 6.09. The lowest BCUT2D eigenvalue weighted by atomic mass is 10.2. The monoisotopic (exact) mass is 447 g/mol. The smallest absolute Gasteiger partial charge is 0.262 e. The largest absolute Gasteiger partial charge is 0.287 e. The maximum atomic E-state index is 12.9. The van der Waals surface area contributed by atoms with Crippen LogP contribution in [-0.2, 0) is 16.6 Å². The van der Waals surface area contributed by atoms with Crippen molar-refractivity contribution in [2.75, 3.05) is 18.6 Å². The fourth-order valence-electron chi connectivity index (χ4n) is 2.30. The van der Waals surface area contributed by atoms with E-state index in [4.69, 9.17) is 0 Å². The first-order valence-electron chi connectivity index (χ1n) is 7.95. The summed E-state index contributed by atoms with van der Waals surface area (Å²) in [5.74, 6) is 0.991. The molecule has 1 aromatic heterocycles. The molecule has 2 rings (SSSR count). The van der Waals surface area contributed by atoms with Gasteiger partial charge < -0.3 is 0 Å². The lowest BCUT2D eigenvalue weighted by Gasteiger charge is -2.15. The molecule has 0 spiro atoms. The van der Waals surface area contributed by atoms with Crippen LogP contribution in [0.2, 0.25) is 0 Å². The van der Waals surface area contributed by atoms with Crippen LogP contribution in [-0.4, -0.2) is 36.5 Å². The maximum Gasteiger partial charge on any atom is 0.262 e. The molecule has 0 atom stereocenters. The molecule has 0 amide bonds. The first-order valence-corrected chi connectivity index (χ1v) is 11.6. The normalized spacial score (nSPS) is 12.2. The van der Waals surface area contributed by atoms with Crippen LogP contribution in [0.4, 0.5) is 0 Å². The van der Waals surface area contributed by atoms with Crippen molar-refractivity contribution in [2.24, 2.45) is 5.92 Å². The summed E-state index contributed by atoms with van der Waals surface area (Å²) in [6, 6.07) is 5.49. The molecule has 0 aliphatic carbocycles. The first-order chi connectivity index (χ1) is 11.7. The molecule has 25 heavy (non-hydrogen) atoms. The van der Waals surface area contributed by atoms with Gasteiger partial charge in [-0.1, -0.05) is 41.5 Å². The molecule has 1 aromatic carbocycles. The molecule has 0 bridgehead atoms. The fourth-order valence-corrected chi connectivity index (χ4v) is 4.13. The Labute approximate surface area is 160 Å². The lowest BCUT2D eigenvalue weighted by Crippen LogP contribution is -2.26. The number of hydrogen-bond donors (Lipinski definition) is 1. The minimum Gasteiger partial charge on any atom is -0.287 e. The number of nitrogens with one attached hydrogen (secondary N) is 1. The van der Waals surface area contributed by atoms with E-state index in [0.717, 1.165) is 10.7 Å². The second-order valence-corrected chi connectivity index (χ2v) is 10.0. The van der Waals surface area contributed by atoms with Crippen LogP contribution in [0.15, 0.2) is 32.6 Å². The van der Waals surface area contributed by atoms with Gasteiger partial charge in [-0.05, 0) is 30.5 Å². The third-order valence-corrected chi connectivity index (χ3v) is 5.63. The van der Waals surface area contributed by atoms with Gasteiger partial charge in [0, 0.05) is 23.3 Å². The van der Waals surface area contributed by atoms with E-state index >= 15 is 0 Å². The van der Waals surface area contributed by atoms with Crippen LogP contribution in [0.3, 0.4) is 0 Å². The molecule has 0 saturated heterocycles. The van der Waals surface area contributed by atoms with E-state index in [-0.39, 0.29) is 5.56 Å². The highest BCUT2D eigenvalue weighted by Gasteiger charge is 2.13. The predicted octanol–water partition coefficient (Wildman–Crippen LogP) is 2.85. The SMILES string of the molecule is CC(C)Cn1c(SCCCNS(C)(=O)=O)nc2ccc(Br)cc2c1=O. The lowest BCUT2D eigenvalue weighted by molar-refractivity contribution is 0.475. The van der Waals surface area contributed by atoms with Gasteiger partial charge in [0.2, 0.25) is 10.0 Å². The quantitative estimate of drug-likeness (QED) is 0.382. The van der Waals surface area contributed by atoms with E-state index < -0.39 is 10.0 Å². The number of hydrogen-bond acceptors (Lipinski definition) is 5. The number of rotatable bonds is 8. The third-order valence-electron chi connectivity index (χ3n) is 3.35. The zero-order valence-corrected chi connectivity index (χ0v) is 17.7. The molecule has 0 radical (unpaired) electrons.